The Kier molecular flexibility index (Phi) is 10.1. The number of rotatable bonds is 12. The Labute approximate surface area is 154 Å². The number of unbranched alkanes of at least 4 members (excludes halogenated alkanes) is 6. The number of allylic oxidation sites excluding steroid dienone is 2. The minimum atomic E-state index is -4.15. The Bertz CT molecular complexity index is 645. The van der Waals surface area contributed by atoms with Crippen LogP contribution in [0.1, 0.15) is 82.8 Å². The quantitative estimate of drug-likeness (QED) is 0.270. The zero-order valence-electron chi connectivity index (χ0n) is 16.1. The standard InChI is InChI=1S/C21H34O3S/c1-4-5-6-7-8-9-10-12-18(2)13-11-14-20-17-19(3)15-16-21(20)25(22,23)24/h13,15-17H,4-12,14H2,1-3H3,(H,22,23,24)/b18-13+. The average molecular weight is 367 g/mol. The molecule has 0 amide bonds. The van der Waals surface area contributed by atoms with Crippen LogP contribution in [0.2, 0.25) is 0 Å². The van der Waals surface area contributed by atoms with Crippen LogP contribution in [-0.4, -0.2) is 13.0 Å². The molecule has 0 saturated carbocycles. The van der Waals surface area contributed by atoms with Crippen molar-refractivity contribution in [1.29, 1.82) is 0 Å². The third-order valence-electron chi connectivity index (χ3n) is 4.58. The molecule has 0 saturated heterocycles. The van der Waals surface area contributed by atoms with Gasteiger partial charge in [-0.2, -0.15) is 8.42 Å². The highest BCUT2D eigenvalue weighted by Crippen LogP contribution is 2.20. The van der Waals surface area contributed by atoms with E-state index in [1.807, 2.05) is 13.0 Å². The third kappa shape index (κ3) is 9.22. The van der Waals surface area contributed by atoms with Gasteiger partial charge in [-0.3, -0.25) is 4.55 Å². The normalized spacial score (nSPS) is 12.6. The first kappa shape index (κ1) is 21.9. The van der Waals surface area contributed by atoms with Gasteiger partial charge in [-0.15, -0.1) is 0 Å². The van der Waals surface area contributed by atoms with E-state index in [9.17, 15) is 13.0 Å². The Morgan fingerprint density at radius 3 is 2.36 bits per heavy atom. The molecule has 0 radical (unpaired) electrons. The van der Waals surface area contributed by atoms with E-state index in [-0.39, 0.29) is 4.90 Å². The summed E-state index contributed by atoms with van der Waals surface area (Å²) in [6.45, 7) is 6.32. The lowest BCUT2D eigenvalue weighted by Crippen LogP contribution is -2.03. The van der Waals surface area contributed by atoms with Crippen LogP contribution in [0.25, 0.3) is 0 Å². The summed E-state index contributed by atoms with van der Waals surface area (Å²) in [5.41, 5.74) is 3.07. The predicted octanol–water partition coefficient (Wildman–Crippen LogP) is 6.26. The van der Waals surface area contributed by atoms with Gasteiger partial charge in [-0.1, -0.05) is 74.8 Å². The highest BCUT2D eigenvalue weighted by atomic mass is 32.2. The van der Waals surface area contributed by atoms with Gasteiger partial charge in [0.15, 0.2) is 0 Å². The molecule has 0 fully saturated rings. The summed E-state index contributed by atoms with van der Waals surface area (Å²) in [5, 5.41) is 0. The van der Waals surface area contributed by atoms with Gasteiger partial charge in [-0.25, -0.2) is 0 Å². The van der Waals surface area contributed by atoms with Gasteiger partial charge in [0.1, 0.15) is 0 Å². The van der Waals surface area contributed by atoms with Crippen LogP contribution >= 0.6 is 0 Å². The second-order valence-electron chi connectivity index (χ2n) is 7.05. The van der Waals surface area contributed by atoms with Crippen molar-refractivity contribution in [3.05, 3.63) is 41.0 Å². The summed E-state index contributed by atoms with van der Waals surface area (Å²) >= 11 is 0. The first-order chi connectivity index (χ1) is 11.8. The minimum Gasteiger partial charge on any atom is -0.282 e. The molecule has 4 heteroatoms. The summed E-state index contributed by atoms with van der Waals surface area (Å²) in [7, 11) is -4.15. The van der Waals surface area contributed by atoms with Crippen molar-refractivity contribution < 1.29 is 13.0 Å². The fourth-order valence-corrected chi connectivity index (χ4v) is 3.82. The van der Waals surface area contributed by atoms with Gasteiger partial charge in [0.05, 0.1) is 4.90 Å². The number of aryl methyl sites for hydroxylation is 2. The molecule has 1 aromatic rings. The highest BCUT2D eigenvalue weighted by molar-refractivity contribution is 7.85. The fourth-order valence-electron chi connectivity index (χ4n) is 3.09. The van der Waals surface area contributed by atoms with Crippen molar-refractivity contribution in [2.24, 2.45) is 0 Å². The maximum Gasteiger partial charge on any atom is 0.294 e. The van der Waals surface area contributed by atoms with Gasteiger partial charge in [0.2, 0.25) is 0 Å². The molecule has 142 valence electrons. The van der Waals surface area contributed by atoms with Crippen LogP contribution in [0.15, 0.2) is 34.7 Å². The summed E-state index contributed by atoms with van der Waals surface area (Å²) < 4.78 is 32.3. The van der Waals surface area contributed by atoms with Crippen LogP contribution < -0.4 is 0 Å². The summed E-state index contributed by atoms with van der Waals surface area (Å²) in [5.74, 6) is 0. The van der Waals surface area contributed by atoms with Crippen molar-refractivity contribution in [3.8, 4) is 0 Å². The van der Waals surface area contributed by atoms with Gasteiger partial charge in [0, 0.05) is 0 Å². The number of hydrogen-bond donors (Lipinski definition) is 1. The molecular weight excluding hydrogens is 332 g/mol. The van der Waals surface area contributed by atoms with Crippen molar-refractivity contribution in [3.63, 3.8) is 0 Å². The van der Waals surface area contributed by atoms with Crippen molar-refractivity contribution >= 4 is 10.1 Å². The van der Waals surface area contributed by atoms with Crippen LogP contribution in [0.3, 0.4) is 0 Å². The number of benzene rings is 1. The van der Waals surface area contributed by atoms with Crippen molar-refractivity contribution in [2.45, 2.75) is 89.9 Å². The smallest absolute Gasteiger partial charge is 0.282 e. The molecule has 0 aliphatic heterocycles. The molecule has 1 N–H and O–H groups in total. The summed E-state index contributed by atoms with van der Waals surface area (Å²) in [4.78, 5) is 0.0382. The van der Waals surface area contributed by atoms with E-state index in [2.05, 4.69) is 19.9 Å². The zero-order valence-corrected chi connectivity index (χ0v) is 16.9. The Morgan fingerprint density at radius 1 is 1.08 bits per heavy atom. The zero-order chi connectivity index (χ0) is 18.7. The van der Waals surface area contributed by atoms with Gasteiger partial charge >= 0.3 is 0 Å². The largest absolute Gasteiger partial charge is 0.294 e. The molecule has 0 bridgehead atoms. The minimum absolute atomic E-state index is 0.0382. The molecular formula is C21H34O3S. The van der Waals surface area contributed by atoms with E-state index in [0.29, 0.717) is 12.0 Å². The van der Waals surface area contributed by atoms with E-state index in [0.717, 1.165) is 18.4 Å². The molecule has 3 nitrogen and oxygen atoms in total. The lowest BCUT2D eigenvalue weighted by Gasteiger charge is -2.08. The Morgan fingerprint density at radius 2 is 1.72 bits per heavy atom. The van der Waals surface area contributed by atoms with Crippen molar-refractivity contribution in [1.82, 2.24) is 0 Å². The van der Waals surface area contributed by atoms with Crippen molar-refractivity contribution in [2.75, 3.05) is 0 Å². The Hall–Kier alpha value is -1.13. The molecule has 0 heterocycles. The topological polar surface area (TPSA) is 54.4 Å². The molecule has 0 spiro atoms. The maximum atomic E-state index is 11.5. The SMILES string of the molecule is CCCCCCCCC/C(C)=C/CCc1cc(C)ccc1S(=O)(=O)O. The lowest BCUT2D eigenvalue weighted by atomic mass is 10.0. The molecule has 0 atom stereocenters. The average Bonchev–Trinajstić information content (AvgIpc) is 2.53. The Balaban J connectivity index is 2.40. The third-order valence-corrected chi connectivity index (χ3v) is 5.53. The fraction of sp³-hybridized carbons (Fsp3) is 0.619. The molecule has 0 aliphatic rings. The monoisotopic (exact) mass is 366 g/mol. The second kappa shape index (κ2) is 11.5. The number of hydrogen-bond acceptors (Lipinski definition) is 2. The second-order valence-corrected chi connectivity index (χ2v) is 8.44. The van der Waals surface area contributed by atoms with E-state index >= 15 is 0 Å². The lowest BCUT2D eigenvalue weighted by molar-refractivity contribution is 0.482. The van der Waals surface area contributed by atoms with Crippen LogP contribution in [-0.2, 0) is 16.5 Å². The van der Waals surface area contributed by atoms with E-state index < -0.39 is 10.1 Å². The molecule has 25 heavy (non-hydrogen) atoms. The highest BCUT2D eigenvalue weighted by Gasteiger charge is 2.14. The summed E-state index contributed by atoms with van der Waals surface area (Å²) in [6, 6.07) is 5.06. The van der Waals surface area contributed by atoms with Crippen LogP contribution in [0, 0.1) is 6.92 Å². The van der Waals surface area contributed by atoms with Crippen LogP contribution in [0.4, 0.5) is 0 Å². The van der Waals surface area contributed by atoms with Gasteiger partial charge in [0.25, 0.3) is 10.1 Å². The maximum absolute atomic E-state index is 11.5. The molecule has 0 aromatic heterocycles. The summed E-state index contributed by atoms with van der Waals surface area (Å²) in [6.07, 6.45) is 14.0. The van der Waals surface area contributed by atoms with E-state index in [4.69, 9.17) is 0 Å². The predicted molar refractivity (Wildman–Crippen MR) is 106 cm³/mol. The molecule has 0 aliphatic carbocycles. The molecule has 1 rings (SSSR count). The van der Waals surface area contributed by atoms with E-state index in [1.54, 1.807) is 6.07 Å². The molecule has 1 aromatic carbocycles. The molecule has 0 unspecified atom stereocenters. The van der Waals surface area contributed by atoms with Gasteiger partial charge < -0.3 is 0 Å². The first-order valence-electron chi connectivity index (χ1n) is 9.57. The van der Waals surface area contributed by atoms with Crippen LogP contribution in [0.5, 0.6) is 0 Å². The van der Waals surface area contributed by atoms with Gasteiger partial charge in [-0.05, 0) is 51.2 Å². The first-order valence-corrected chi connectivity index (χ1v) is 11.0. The van der Waals surface area contributed by atoms with E-state index in [1.165, 1.54) is 56.6 Å².